The number of aromatic nitrogens is 2. The lowest BCUT2D eigenvalue weighted by Gasteiger charge is -2.23. The number of nitrogens with one attached hydrogen (secondary N) is 2. The summed E-state index contributed by atoms with van der Waals surface area (Å²) in [5.41, 5.74) is 0.655. The molecule has 1 amide bonds. The monoisotopic (exact) mass is 346 g/mol. The second kappa shape index (κ2) is 7.65. The zero-order chi connectivity index (χ0) is 17.8. The van der Waals surface area contributed by atoms with Gasteiger partial charge in [-0.25, -0.2) is 4.39 Å². The van der Waals surface area contributed by atoms with Crippen LogP contribution in [0.3, 0.4) is 0 Å². The molecule has 1 saturated heterocycles. The van der Waals surface area contributed by atoms with Gasteiger partial charge in [0.15, 0.2) is 0 Å². The lowest BCUT2D eigenvalue weighted by Crippen LogP contribution is -2.32. The molecule has 25 heavy (non-hydrogen) atoms. The highest BCUT2D eigenvalue weighted by Crippen LogP contribution is 2.27. The highest BCUT2D eigenvalue weighted by atomic mass is 19.1. The van der Waals surface area contributed by atoms with Gasteiger partial charge < -0.3 is 15.4 Å². The van der Waals surface area contributed by atoms with E-state index in [1.54, 1.807) is 25.1 Å². The molecule has 0 radical (unpaired) electrons. The van der Waals surface area contributed by atoms with E-state index in [-0.39, 0.29) is 11.9 Å². The average molecular weight is 346 g/mol. The number of nitrogens with zero attached hydrogens (tertiary/aromatic N) is 2. The van der Waals surface area contributed by atoms with E-state index in [2.05, 4.69) is 15.7 Å². The number of piperidine rings is 1. The van der Waals surface area contributed by atoms with Crippen molar-refractivity contribution in [2.45, 2.75) is 31.8 Å². The summed E-state index contributed by atoms with van der Waals surface area (Å²) in [5.74, 6) is -0.335. The summed E-state index contributed by atoms with van der Waals surface area (Å²) in [7, 11) is 1.48. The van der Waals surface area contributed by atoms with Crippen LogP contribution >= 0.6 is 0 Å². The fraction of sp³-hybridized carbons (Fsp3) is 0.444. The first-order valence-electron chi connectivity index (χ1n) is 8.49. The van der Waals surface area contributed by atoms with Crippen LogP contribution in [0.5, 0.6) is 5.75 Å². The van der Waals surface area contributed by atoms with Crippen molar-refractivity contribution >= 4 is 5.91 Å². The van der Waals surface area contributed by atoms with Crippen LogP contribution in [0.15, 0.2) is 30.5 Å². The first kappa shape index (κ1) is 17.4. The third-order valence-corrected chi connectivity index (χ3v) is 4.50. The van der Waals surface area contributed by atoms with Crippen molar-refractivity contribution in [3.05, 3.63) is 47.5 Å². The molecule has 134 valence electrons. The van der Waals surface area contributed by atoms with Gasteiger partial charge in [0, 0.05) is 12.7 Å². The summed E-state index contributed by atoms with van der Waals surface area (Å²) in [6.07, 6.45) is 3.95. The van der Waals surface area contributed by atoms with E-state index < -0.39 is 11.9 Å². The molecule has 6 nitrogen and oxygen atoms in total. The molecular weight excluding hydrogens is 323 g/mol. The number of amides is 1. The molecule has 0 aliphatic carbocycles. The Balaban J connectivity index is 1.71. The molecule has 0 bridgehead atoms. The number of hydrogen-bond donors (Lipinski definition) is 2. The maximum absolute atomic E-state index is 14.1. The molecule has 1 aromatic carbocycles. The summed E-state index contributed by atoms with van der Waals surface area (Å²) in [5, 5.41) is 10.5. The molecule has 2 aromatic rings. The minimum absolute atomic E-state index is 0.263. The van der Waals surface area contributed by atoms with Gasteiger partial charge in [-0.1, -0.05) is 6.07 Å². The van der Waals surface area contributed by atoms with Crippen molar-refractivity contribution in [2.24, 2.45) is 0 Å². The molecule has 2 unspecified atom stereocenters. The largest absolute Gasteiger partial charge is 0.496 e. The fourth-order valence-corrected chi connectivity index (χ4v) is 3.18. The van der Waals surface area contributed by atoms with Gasteiger partial charge in [-0.3, -0.25) is 9.48 Å². The molecule has 2 atom stereocenters. The van der Waals surface area contributed by atoms with Crippen molar-refractivity contribution < 1.29 is 13.9 Å². The number of carbonyl (C=O) groups is 1. The van der Waals surface area contributed by atoms with Gasteiger partial charge in [0.2, 0.25) is 0 Å². The number of benzene rings is 1. The summed E-state index contributed by atoms with van der Waals surface area (Å²) >= 11 is 0. The third kappa shape index (κ3) is 3.82. The van der Waals surface area contributed by atoms with Gasteiger partial charge in [0.25, 0.3) is 5.91 Å². The quantitative estimate of drug-likeness (QED) is 0.873. The Morgan fingerprint density at radius 1 is 1.48 bits per heavy atom. The summed E-state index contributed by atoms with van der Waals surface area (Å²) < 4.78 is 21.2. The Kier molecular flexibility index (Phi) is 5.33. The van der Waals surface area contributed by atoms with Crippen molar-refractivity contribution in [3.8, 4) is 5.75 Å². The van der Waals surface area contributed by atoms with Gasteiger partial charge in [0.05, 0.1) is 24.8 Å². The van der Waals surface area contributed by atoms with Crippen LogP contribution in [-0.2, 0) is 0 Å². The summed E-state index contributed by atoms with van der Waals surface area (Å²) in [6.45, 7) is 3.60. The minimum atomic E-state index is -0.537. The normalized spacial score (nSPS) is 18.6. The number of rotatable bonds is 5. The van der Waals surface area contributed by atoms with Crippen LogP contribution in [0, 0.1) is 5.82 Å². The first-order chi connectivity index (χ1) is 12.1. The van der Waals surface area contributed by atoms with Gasteiger partial charge in [0.1, 0.15) is 17.3 Å². The average Bonchev–Trinajstić information content (AvgIpc) is 3.12. The Hall–Kier alpha value is -2.41. The Labute approximate surface area is 146 Å². The maximum Gasteiger partial charge on any atom is 0.272 e. The van der Waals surface area contributed by atoms with Crippen molar-refractivity contribution in [1.82, 2.24) is 20.4 Å². The van der Waals surface area contributed by atoms with E-state index in [1.807, 2.05) is 10.9 Å². The molecule has 1 aliphatic rings. The Morgan fingerprint density at radius 3 is 3.04 bits per heavy atom. The van der Waals surface area contributed by atoms with Crippen LogP contribution in [0.2, 0.25) is 0 Å². The summed E-state index contributed by atoms with van der Waals surface area (Å²) in [4.78, 5) is 12.5. The van der Waals surface area contributed by atoms with Crippen LogP contribution in [-0.4, -0.2) is 35.9 Å². The lowest BCUT2D eigenvalue weighted by atomic mass is 10.1. The minimum Gasteiger partial charge on any atom is -0.496 e. The van der Waals surface area contributed by atoms with Gasteiger partial charge >= 0.3 is 0 Å². The van der Waals surface area contributed by atoms with Crippen molar-refractivity contribution in [2.75, 3.05) is 20.2 Å². The molecule has 2 heterocycles. The first-order valence-corrected chi connectivity index (χ1v) is 8.49. The van der Waals surface area contributed by atoms with Crippen LogP contribution in [0.1, 0.15) is 47.9 Å². The van der Waals surface area contributed by atoms with E-state index in [0.29, 0.717) is 17.0 Å². The van der Waals surface area contributed by atoms with Crippen LogP contribution < -0.4 is 15.4 Å². The van der Waals surface area contributed by atoms with Gasteiger partial charge in [-0.15, -0.1) is 0 Å². The van der Waals surface area contributed by atoms with Crippen LogP contribution in [0.25, 0.3) is 0 Å². The van der Waals surface area contributed by atoms with E-state index in [0.717, 1.165) is 25.9 Å². The van der Waals surface area contributed by atoms with E-state index in [1.165, 1.54) is 13.2 Å². The standard InChI is InChI=1S/C18H23FN4O2/c1-12(17-14(19)6-3-7-16(17)25-2)21-18(24)15-8-10-23(22-15)13-5-4-9-20-11-13/h3,6-8,10,12-13,20H,4-5,9,11H2,1-2H3,(H,21,24). The Bertz CT molecular complexity index is 740. The molecule has 3 rings (SSSR count). The Morgan fingerprint density at radius 2 is 2.32 bits per heavy atom. The number of halogens is 1. The van der Waals surface area contributed by atoms with Gasteiger partial charge in [-0.2, -0.15) is 5.10 Å². The number of carbonyl (C=O) groups excluding carboxylic acids is 1. The van der Waals surface area contributed by atoms with Gasteiger partial charge in [-0.05, 0) is 44.5 Å². The highest BCUT2D eigenvalue weighted by molar-refractivity contribution is 5.92. The van der Waals surface area contributed by atoms with E-state index in [4.69, 9.17) is 4.74 Å². The number of ether oxygens (including phenoxy) is 1. The predicted octanol–water partition coefficient (Wildman–Crippen LogP) is 2.45. The van der Waals surface area contributed by atoms with Crippen molar-refractivity contribution in [3.63, 3.8) is 0 Å². The predicted molar refractivity (Wildman–Crippen MR) is 92.2 cm³/mol. The fourth-order valence-electron chi connectivity index (χ4n) is 3.18. The second-order valence-electron chi connectivity index (χ2n) is 6.23. The van der Waals surface area contributed by atoms with Crippen molar-refractivity contribution in [1.29, 1.82) is 0 Å². The summed E-state index contributed by atoms with van der Waals surface area (Å²) in [6, 6.07) is 6.02. The molecule has 7 heteroatoms. The molecule has 1 fully saturated rings. The maximum atomic E-state index is 14.1. The highest BCUT2D eigenvalue weighted by Gasteiger charge is 2.21. The zero-order valence-corrected chi connectivity index (χ0v) is 14.5. The number of methoxy groups -OCH3 is 1. The van der Waals surface area contributed by atoms with E-state index >= 15 is 0 Å². The molecule has 2 N–H and O–H groups in total. The molecular formula is C18H23FN4O2. The molecule has 1 aliphatic heterocycles. The van der Waals surface area contributed by atoms with Crippen LogP contribution in [0.4, 0.5) is 4.39 Å². The molecule has 1 aromatic heterocycles. The van der Waals surface area contributed by atoms with E-state index in [9.17, 15) is 9.18 Å². The number of hydrogen-bond acceptors (Lipinski definition) is 4. The smallest absolute Gasteiger partial charge is 0.272 e. The molecule has 0 spiro atoms. The second-order valence-corrected chi connectivity index (χ2v) is 6.23. The third-order valence-electron chi connectivity index (χ3n) is 4.50. The topological polar surface area (TPSA) is 68.2 Å². The lowest BCUT2D eigenvalue weighted by molar-refractivity contribution is 0.0932. The molecule has 0 saturated carbocycles. The SMILES string of the molecule is COc1cccc(F)c1C(C)NC(=O)c1ccn(C2CCCNC2)n1. The zero-order valence-electron chi connectivity index (χ0n) is 14.5.